The van der Waals surface area contributed by atoms with Gasteiger partial charge in [-0.05, 0) is 68.5 Å². The fourth-order valence-corrected chi connectivity index (χ4v) is 3.21. The van der Waals surface area contributed by atoms with Crippen LogP contribution in [0.3, 0.4) is 0 Å². The molecule has 0 radical (unpaired) electrons. The SMILES string of the molecule is CCOC(=O)C1CCCN(C(=O)/C=C/c2c(C)cc(OC)cc2C)C1. The first-order chi connectivity index (χ1) is 12.0. The third-order valence-corrected chi connectivity index (χ3v) is 4.55. The molecule has 1 fully saturated rings. The van der Waals surface area contributed by atoms with Gasteiger partial charge in [0.1, 0.15) is 5.75 Å². The molecule has 0 spiro atoms. The zero-order valence-corrected chi connectivity index (χ0v) is 15.5. The van der Waals surface area contributed by atoms with E-state index in [2.05, 4.69) is 0 Å². The average Bonchev–Trinajstić information content (AvgIpc) is 2.60. The summed E-state index contributed by atoms with van der Waals surface area (Å²) in [6.45, 7) is 7.28. The van der Waals surface area contributed by atoms with E-state index in [1.165, 1.54) is 0 Å². The molecule has 136 valence electrons. The molecule has 5 nitrogen and oxygen atoms in total. The number of amides is 1. The molecule has 1 aromatic carbocycles. The number of carbonyl (C=O) groups excluding carboxylic acids is 2. The molecule has 1 amide bonds. The predicted molar refractivity (Wildman–Crippen MR) is 97.4 cm³/mol. The van der Waals surface area contributed by atoms with Gasteiger partial charge in [0.05, 0.1) is 19.6 Å². The largest absolute Gasteiger partial charge is 0.497 e. The van der Waals surface area contributed by atoms with Crippen LogP contribution in [0.4, 0.5) is 0 Å². The van der Waals surface area contributed by atoms with E-state index in [9.17, 15) is 9.59 Å². The van der Waals surface area contributed by atoms with Crippen LogP contribution in [0.2, 0.25) is 0 Å². The topological polar surface area (TPSA) is 55.8 Å². The Morgan fingerprint density at radius 1 is 1.28 bits per heavy atom. The number of likely N-dealkylation sites (tertiary alicyclic amines) is 1. The van der Waals surface area contributed by atoms with Gasteiger partial charge in [0.15, 0.2) is 0 Å². The van der Waals surface area contributed by atoms with Crippen molar-refractivity contribution in [3.8, 4) is 5.75 Å². The summed E-state index contributed by atoms with van der Waals surface area (Å²) in [4.78, 5) is 26.1. The van der Waals surface area contributed by atoms with Crippen molar-refractivity contribution in [1.82, 2.24) is 4.90 Å². The number of benzene rings is 1. The molecule has 1 aliphatic heterocycles. The van der Waals surface area contributed by atoms with Crippen LogP contribution < -0.4 is 4.74 Å². The molecule has 0 bridgehead atoms. The van der Waals surface area contributed by atoms with E-state index < -0.39 is 0 Å². The lowest BCUT2D eigenvalue weighted by atomic mass is 9.98. The zero-order chi connectivity index (χ0) is 18.4. The van der Waals surface area contributed by atoms with E-state index >= 15 is 0 Å². The molecule has 1 aliphatic rings. The van der Waals surface area contributed by atoms with Crippen LogP contribution in [0.15, 0.2) is 18.2 Å². The molecule has 1 heterocycles. The number of carbonyl (C=O) groups is 2. The maximum absolute atomic E-state index is 12.5. The first-order valence-electron chi connectivity index (χ1n) is 8.75. The van der Waals surface area contributed by atoms with E-state index in [1.54, 1.807) is 25.0 Å². The Labute approximate surface area is 149 Å². The van der Waals surface area contributed by atoms with Crippen LogP contribution >= 0.6 is 0 Å². The second-order valence-electron chi connectivity index (χ2n) is 6.38. The van der Waals surface area contributed by atoms with Crippen LogP contribution in [0.5, 0.6) is 5.75 Å². The fourth-order valence-electron chi connectivity index (χ4n) is 3.21. The number of piperidine rings is 1. The van der Waals surface area contributed by atoms with Gasteiger partial charge in [0.25, 0.3) is 0 Å². The van der Waals surface area contributed by atoms with Gasteiger partial charge in [-0.25, -0.2) is 0 Å². The lowest BCUT2D eigenvalue weighted by Gasteiger charge is -2.30. The van der Waals surface area contributed by atoms with Crippen molar-refractivity contribution >= 4 is 18.0 Å². The molecule has 1 unspecified atom stereocenters. The maximum atomic E-state index is 12.5. The summed E-state index contributed by atoms with van der Waals surface area (Å²) in [5, 5.41) is 0. The minimum Gasteiger partial charge on any atom is -0.497 e. The molecule has 1 saturated heterocycles. The van der Waals surface area contributed by atoms with Crippen LogP contribution in [0.25, 0.3) is 6.08 Å². The fraction of sp³-hybridized carbons (Fsp3) is 0.500. The van der Waals surface area contributed by atoms with Gasteiger partial charge in [-0.1, -0.05) is 0 Å². The Morgan fingerprint density at radius 2 is 1.96 bits per heavy atom. The molecule has 25 heavy (non-hydrogen) atoms. The summed E-state index contributed by atoms with van der Waals surface area (Å²) in [5.74, 6) is 0.330. The minimum absolute atomic E-state index is 0.0661. The number of esters is 1. The third kappa shape index (κ3) is 4.84. The van der Waals surface area contributed by atoms with Crippen molar-refractivity contribution in [3.63, 3.8) is 0 Å². The highest BCUT2D eigenvalue weighted by Crippen LogP contribution is 2.23. The first kappa shape index (κ1) is 19.0. The maximum Gasteiger partial charge on any atom is 0.310 e. The number of hydrogen-bond acceptors (Lipinski definition) is 4. The molecule has 1 atom stereocenters. The summed E-state index contributed by atoms with van der Waals surface area (Å²) in [6, 6.07) is 3.91. The predicted octanol–water partition coefficient (Wildman–Crippen LogP) is 3.13. The highest BCUT2D eigenvalue weighted by molar-refractivity contribution is 5.92. The first-order valence-corrected chi connectivity index (χ1v) is 8.75. The van der Waals surface area contributed by atoms with E-state index in [1.807, 2.05) is 32.1 Å². The summed E-state index contributed by atoms with van der Waals surface area (Å²) >= 11 is 0. The van der Waals surface area contributed by atoms with Crippen molar-refractivity contribution < 1.29 is 19.1 Å². The van der Waals surface area contributed by atoms with E-state index in [0.29, 0.717) is 19.7 Å². The number of hydrogen-bond donors (Lipinski definition) is 0. The average molecular weight is 345 g/mol. The number of aryl methyl sites for hydroxylation is 2. The van der Waals surface area contributed by atoms with Gasteiger partial charge >= 0.3 is 5.97 Å². The standard InChI is InChI=1S/C20H27NO4/c1-5-25-20(23)16-7-6-10-21(13-16)19(22)9-8-18-14(2)11-17(24-4)12-15(18)3/h8-9,11-12,16H,5-7,10,13H2,1-4H3/b9-8+. The summed E-state index contributed by atoms with van der Waals surface area (Å²) < 4.78 is 10.3. The van der Waals surface area contributed by atoms with Crippen molar-refractivity contribution in [3.05, 3.63) is 34.9 Å². The van der Waals surface area contributed by atoms with Gasteiger partial charge < -0.3 is 14.4 Å². The van der Waals surface area contributed by atoms with Crippen molar-refractivity contribution in [1.29, 1.82) is 0 Å². The second kappa shape index (κ2) is 8.70. The Morgan fingerprint density at radius 3 is 2.56 bits per heavy atom. The highest BCUT2D eigenvalue weighted by Gasteiger charge is 2.28. The molecule has 1 aromatic rings. The third-order valence-electron chi connectivity index (χ3n) is 4.55. The van der Waals surface area contributed by atoms with Crippen LogP contribution in [0.1, 0.15) is 36.5 Å². The Kier molecular flexibility index (Phi) is 6.62. The summed E-state index contributed by atoms with van der Waals surface area (Å²) in [7, 11) is 1.64. The molecule has 0 aliphatic carbocycles. The van der Waals surface area contributed by atoms with Crippen molar-refractivity contribution in [2.75, 3.05) is 26.8 Å². The van der Waals surface area contributed by atoms with Gasteiger partial charge in [0.2, 0.25) is 5.91 Å². The van der Waals surface area contributed by atoms with Gasteiger partial charge in [-0.3, -0.25) is 9.59 Å². The molecule has 0 saturated carbocycles. The lowest BCUT2D eigenvalue weighted by molar-refractivity contribution is -0.150. The van der Waals surface area contributed by atoms with Crippen molar-refractivity contribution in [2.24, 2.45) is 5.92 Å². The Bertz CT molecular complexity index is 643. The van der Waals surface area contributed by atoms with Crippen LogP contribution in [-0.2, 0) is 14.3 Å². The second-order valence-corrected chi connectivity index (χ2v) is 6.38. The normalized spacial score (nSPS) is 17.6. The highest BCUT2D eigenvalue weighted by atomic mass is 16.5. The van der Waals surface area contributed by atoms with Gasteiger partial charge in [0, 0.05) is 19.2 Å². The molecular weight excluding hydrogens is 318 g/mol. The quantitative estimate of drug-likeness (QED) is 0.608. The zero-order valence-electron chi connectivity index (χ0n) is 15.5. The monoisotopic (exact) mass is 345 g/mol. The molecule has 5 heteroatoms. The molecule has 0 N–H and O–H groups in total. The number of methoxy groups -OCH3 is 1. The van der Waals surface area contributed by atoms with Gasteiger partial charge in [-0.15, -0.1) is 0 Å². The van der Waals surface area contributed by atoms with Crippen LogP contribution in [-0.4, -0.2) is 43.6 Å². The number of rotatable bonds is 5. The van der Waals surface area contributed by atoms with Crippen molar-refractivity contribution in [2.45, 2.75) is 33.6 Å². The molecule has 0 aromatic heterocycles. The Hall–Kier alpha value is -2.30. The molecule has 2 rings (SSSR count). The summed E-state index contributed by atoms with van der Waals surface area (Å²) in [5.41, 5.74) is 3.14. The minimum atomic E-state index is -0.212. The number of nitrogens with zero attached hydrogens (tertiary/aromatic N) is 1. The number of ether oxygens (including phenoxy) is 2. The van der Waals surface area contributed by atoms with Gasteiger partial charge in [-0.2, -0.15) is 0 Å². The lowest BCUT2D eigenvalue weighted by Crippen LogP contribution is -2.42. The Balaban J connectivity index is 2.06. The van der Waals surface area contributed by atoms with E-state index in [4.69, 9.17) is 9.47 Å². The smallest absolute Gasteiger partial charge is 0.310 e. The molecular formula is C20H27NO4. The van der Waals surface area contributed by atoms with Crippen LogP contribution in [0, 0.1) is 19.8 Å². The van der Waals surface area contributed by atoms with E-state index in [-0.39, 0.29) is 17.8 Å². The summed E-state index contributed by atoms with van der Waals surface area (Å²) in [6.07, 6.45) is 5.04. The van der Waals surface area contributed by atoms with E-state index in [0.717, 1.165) is 35.3 Å².